The summed E-state index contributed by atoms with van der Waals surface area (Å²) in [5.41, 5.74) is 1.41. The van der Waals surface area contributed by atoms with Crippen molar-refractivity contribution in [1.82, 2.24) is 15.1 Å². The fourth-order valence-corrected chi connectivity index (χ4v) is 2.67. The highest BCUT2D eigenvalue weighted by molar-refractivity contribution is 5.18. The topological polar surface area (TPSA) is 18.5 Å². The lowest BCUT2D eigenvalue weighted by molar-refractivity contribution is 0.252. The smallest absolute Gasteiger partial charge is 0.0332 e. The van der Waals surface area contributed by atoms with Crippen LogP contribution in [0.2, 0.25) is 0 Å². The van der Waals surface area contributed by atoms with Gasteiger partial charge in [0, 0.05) is 6.04 Å². The van der Waals surface area contributed by atoms with Gasteiger partial charge in [-0.25, -0.2) is 0 Å². The largest absolute Gasteiger partial charge is 0.310 e. The van der Waals surface area contributed by atoms with E-state index in [2.05, 4.69) is 73.4 Å². The first kappa shape index (κ1) is 18.1. The molecule has 1 aromatic rings. The number of benzene rings is 1. The molecule has 0 heterocycles. The van der Waals surface area contributed by atoms with E-state index in [4.69, 9.17) is 0 Å². The highest BCUT2D eigenvalue weighted by Gasteiger charge is 2.11. The van der Waals surface area contributed by atoms with Crippen molar-refractivity contribution in [3.63, 3.8) is 0 Å². The molecule has 1 atom stereocenters. The SMILES string of the molecule is CCNC(CCN(CC)CCCN(C)C)c1ccccc1. The van der Waals surface area contributed by atoms with Crippen molar-refractivity contribution in [3.05, 3.63) is 35.9 Å². The molecule has 0 fully saturated rings. The molecule has 0 aromatic heterocycles. The van der Waals surface area contributed by atoms with Crippen molar-refractivity contribution in [2.45, 2.75) is 32.7 Å². The molecule has 0 spiro atoms. The molecule has 0 aliphatic rings. The third-order valence-corrected chi connectivity index (χ3v) is 3.91. The summed E-state index contributed by atoms with van der Waals surface area (Å²) in [6.45, 7) is 10.1. The van der Waals surface area contributed by atoms with Crippen molar-refractivity contribution >= 4 is 0 Å². The zero-order valence-electron chi connectivity index (χ0n) is 14.3. The minimum absolute atomic E-state index is 0.471. The van der Waals surface area contributed by atoms with Crippen LogP contribution in [-0.4, -0.2) is 56.6 Å². The van der Waals surface area contributed by atoms with Gasteiger partial charge in [-0.15, -0.1) is 0 Å². The van der Waals surface area contributed by atoms with E-state index in [-0.39, 0.29) is 0 Å². The molecule has 1 N–H and O–H groups in total. The number of nitrogens with one attached hydrogen (secondary N) is 1. The molecule has 3 nitrogen and oxygen atoms in total. The van der Waals surface area contributed by atoms with Crippen LogP contribution in [0.3, 0.4) is 0 Å². The Labute approximate surface area is 131 Å². The van der Waals surface area contributed by atoms with Crippen LogP contribution in [-0.2, 0) is 0 Å². The van der Waals surface area contributed by atoms with Gasteiger partial charge in [0.2, 0.25) is 0 Å². The molecular weight excluding hydrogens is 258 g/mol. The fraction of sp³-hybridized carbons (Fsp3) is 0.667. The number of hydrogen-bond donors (Lipinski definition) is 1. The lowest BCUT2D eigenvalue weighted by Gasteiger charge is -2.25. The van der Waals surface area contributed by atoms with Gasteiger partial charge in [0.25, 0.3) is 0 Å². The molecule has 1 aromatic carbocycles. The Bertz CT molecular complexity index is 351. The first-order valence-electron chi connectivity index (χ1n) is 8.32. The van der Waals surface area contributed by atoms with Crippen LogP contribution >= 0.6 is 0 Å². The van der Waals surface area contributed by atoms with Crippen LogP contribution in [0, 0.1) is 0 Å². The number of hydrogen-bond acceptors (Lipinski definition) is 3. The van der Waals surface area contributed by atoms with E-state index in [1.807, 2.05) is 0 Å². The van der Waals surface area contributed by atoms with Gasteiger partial charge >= 0.3 is 0 Å². The zero-order valence-corrected chi connectivity index (χ0v) is 14.3. The summed E-state index contributed by atoms with van der Waals surface area (Å²) in [5.74, 6) is 0. The second kappa shape index (κ2) is 10.8. The second-order valence-electron chi connectivity index (χ2n) is 5.90. The molecule has 1 unspecified atom stereocenters. The van der Waals surface area contributed by atoms with Crippen LogP contribution in [0.4, 0.5) is 0 Å². The van der Waals surface area contributed by atoms with Crippen molar-refractivity contribution in [1.29, 1.82) is 0 Å². The number of rotatable bonds is 11. The van der Waals surface area contributed by atoms with Gasteiger partial charge in [-0.05, 0) is 65.2 Å². The van der Waals surface area contributed by atoms with Gasteiger partial charge in [0.15, 0.2) is 0 Å². The number of nitrogens with zero attached hydrogens (tertiary/aromatic N) is 2. The third kappa shape index (κ3) is 7.60. The maximum absolute atomic E-state index is 3.62. The first-order chi connectivity index (χ1) is 10.2. The Morgan fingerprint density at radius 1 is 1.00 bits per heavy atom. The molecule has 0 amide bonds. The van der Waals surface area contributed by atoms with Gasteiger partial charge in [-0.3, -0.25) is 0 Å². The van der Waals surface area contributed by atoms with E-state index in [0.717, 1.165) is 19.6 Å². The Morgan fingerprint density at radius 3 is 2.29 bits per heavy atom. The summed E-state index contributed by atoms with van der Waals surface area (Å²) in [5, 5.41) is 3.62. The average Bonchev–Trinajstić information content (AvgIpc) is 2.50. The van der Waals surface area contributed by atoms with E-state index in [1.165, 1.54) is 31.5 Å². The Kier molecular flexibility index (Phi) is 9.31. The quantitative estimate of drug-likeness (QED) is 0.676. The molecule has 120 valence electrons. The highest BCUT2D eigenvalue weighted by Crippen LogP contribution is 2.16. The minimum Gasteiger partial charge on any atom is -0.310 e. The van der Waals surface area contributed by atoms with Crippen LogP contribution in [0.25, 0.3) is 0 Å². The van der Waals surface area contributed by atoms with E-state index < -0.39 is 0 Å². The maximum atomic E-state index is 3.62. The summed E-state index contributed by atoms with van der Waals surface area (Å²) >= 11 is 0. The fourth-order valence-electron chi connectivity index (χ4n) is 2.67. The van der Waals surface area contributed by atoms with Crippen LogP contribution < -0.4 is 5.32 Å². The average molecular weight is 291 g/mol. The summed E-state index contributed by atoms with van der Waals surface area (Å²) in [6.07, 6.45) is 2.42. The van der Waals surface area contributed by atoms with Crippen LogP contribution in [0.1, 0.15) is 38.3 Å². The monoisotopic (exact) mass is 291 g/mol. The van der Waals surface area contributed by atoms with Crippen molar-refractivity contribution in [3.8, 4) is 0 Å². The van der Waals surface area contributed by atoms with E-state index in [0.29, 0.717) is 6.04 Å². The zero-order chi connectivity index (χ0) is 15.5. The lowest BCUT2D eigenvalue weighted by Crippen LogP contribution is -2.31. The van der Waals surface area contributed by atoms with Gasteiger partial charge in [-0.1, -0.05) is 44.2 Å². The van der Waals surface area contributed by atoms with Gasteiger partial charge in [0.1, 0.15) is 0 Å². The molecule has 21 heavy (non-hydrogen) atoms. The third-order valence-electron chi connectivity index (χ3n) is 3.91. The van der Waals surface area contributed by atoms with Gasteiger partial charge in [-0.2, -0.15) is 0 Å². The Balaban J connectivity index is 2.43. The predicted molar refractivity (Wildman–Crippen MR) is 92.8 cm³/mol. The Hall–Kier alpha value is -0.900. The molecule has 3 heteroatoms. The molecule has 0 saturated carbocycles. The highest BCUT2D eigenvalue weighted by atomic mass is 15.1. The molecular formula is C18H33N3. The van der Waals surface area contributed by atoms with Gasteiger partial charge < -0.3 is 15.1 Å². The van der Waals surface area contributed by atoms with Gasteiger partial charge in [0.05, 0.1) is 0 Å². The van der Waals surface area contributed by atoms with Crippen molar-refractivity contribution in [2.24, 2.45) is 0 Å². The molecule has 0 aliphatic heterocycles. The molecule has 0 bridgehead atoms. The lowest BCUT2D eigenvalue weighted by atomic mass is 10.0. The van der Waals surface area contributed by atoms with Crippen molar-refractivity contribution < 1.29 is 0 Å². The normalized spacial score (nSPS) is 13.0. The summed E-state index contributed by atoms with van der Waals surface area (Å²) < 4.78 is 0. The molecule has 0 saturated heterocycles. The summed E-state index contributed by atoms with van der Waals surface area (Å²) in [6, 6.07) is 11.3. The van der Waals surface area contributed by atoms with E-state index in [1.54, 1.807) is 0 Å². The van der Waals surface area contributed by atoms with E-state index >= 15 is 0 Å². The van der Waals surface area contributed by atoms with Crippen LogP contribution in [0.15, 0.2) is 30.3 Å². The molecule has 0 aliphatic carbocycles. The maximum Gasteiger partial charge on any atom is 0.0332 e. The first-order valence-corrected chi connectivity index (χ1v) is 8.32. The Morgan fingerprint density at radius 2 is 1.71 bits per heavy atom. The van der Waals surface area contributed by atoms with Crippen LogP contribution in [0.5, 0.6) is 0 Å². The minimum atomic E-state index is 0.471. The van der Waals surface area contributed by atoms with Crippen molar-refractivity contribution in [2.75, 3.05) is 46.8 Å². The molecule has 0 radical (unpaired) electrons. The second-order valence-corrected chi connectivity index (χ2v) is 5.90. The summed E-state index contributed by atoms with van der Waals surface area (Å²) in [7, 11) is 4.29. The predicted octanol–water partition coefficient (Wildman–Crippen LogP) is 3.00. The summed E-state index contributed by atoms with van der Waals surface area (Å²) in [4.78, 5) is 4.83. The standard InChI is InChI=1S/C18H33N3/c1-5-19-18(17-11-8-7-9-12-17)13-16-21(6-2)15-10-14-20(3)4/h7-9,11-12,18-19H,5-6,10,13-16H2,1-4H3. The molecule has 1 rings (SSSR count). The van der Waals surface area contributed by atoms with E-state index in [9.17, 15) is 0 Å².